The van der Waals surface area contributed by atoms with Gasteiger partial charge in [-0.1, -0.05) is 6.08 Å². The molecule has 0 saturated carbocycles. The number of hydrazine groups is 2. The molecule has 13 heavy (non-hydrogen) atoms. The third-order valence-corrected chi connectivity index (χ3v) is 1.47. The van der Waals surface area contributed by atoms with Gasteiger partial charge in [-0.25, -0.2) is 5.21 Å². The molecule has 0 aromatic rings. The summed E-state index contributed by atoms with van der Waals surface area (Å²) in [6.07, 6.45) is 1.20. The topological polar surface area (TPSA) is 104 Å². The molecule has 0 aromatic heterocycles. The number of carbonyl (C=O) groups excluding carboxylic acids is 1. The molecule has 1 fully saturated rings. The maximum Gasteiger partial charge on any atom is 0.546 e. The fourth-order valence-electron chi connectivity index (χ4n) is 0.837. The third-order valence-electron chi connectivity index (χ3n) is 1.47. The van der Waals surface area contributed by atoms with Crippen LogP contribution in [0.4, 0.5) is 0 Å². The van der Waals surface area contributed by atoms with Crippen molar-refractivity contribution in [1.82, 2.24) is 10.3 Å². The number of nitroso groups, excluding NO2 is 1. The van der Waals surface area contributed by atoms with Gasteiger partial charge >= 0.3 is 11.8 Å². The Labute approximate surface area is 72.4 Å². The Morgan fingerprint density at radius 3 is 2.46 bits per heavy atom. The van der Waals surface area contributed by atoms with E-state index in [4.69, 9.17) is 15.4 Å². The van der Waals surface area contributed by atoms with Crippen LogP contribution in [0.5, 0.6) is 0 Å². The normalized spacial score (nSPS) is 21.2. The Hall–Kier alpha value is -1.51. The summed E-state index contributed by atoms with van der Waals surface area (Å²) in [5.41, 5.74) is 0. The van der Waals surface area contributed by atoms with Crippen molar-refractivity contribution in [2.45, 2.75) is 5.91 Å². The minimum Gasteiger partial charge on any atom is -0.297 e. The Bertz CT molecular complexity index is 275. The highest BCUT2D eigenvalue weighted by molar-refractivity contribution is 5.81. The van der Waals surface area contributed by atoms with E-state index in [1.807, 2.05) is 0 Å². The monoisotopic (exact) mass is 190 g/mol. The summed E-state index contributed by atoms with van der Waals surface area (Å²) in [5.74, 6) is -4.59. The van der Waals surface area contributed by atoms with Gasteiger partial charge in [-0.3, -0.25) is 15.0 Å². The molecular weight excluding hydrogens is 182 g/mol. The summed E-state index contributed by atoms with van der Waals surface area (Å²) in [6, 6.07) is 0. The van der Waals surface area contributed by atoms with Crippen molar-refractivity contribution >= 4 is 5.91 Å². The molecule has 8 heteroatoms. The van der Waals surface area contributed by atoms with Crippen molar-refractivity contribution in [2.24, 2.45) is 0 Å². The zero-order chi connectivity index (χ0) is 10.2. The van der Waals surface area contributed by atoms with E-state index in [9.17, 15) is 9.70 Å². The second-order valence-electron chi connectivity index (χ2n) is 2.35. The first kappa shape index (κ1) is 9.58. The van der Waals surface area contributed by atoms with E-state index >= 15 is 0 Å². The number of hydrogen-bond donors (Lipinski definition) is 3. The smallest absolute Gasteiger partial charge is 0.297 e. The molecule has 0 atom stereocenters. The van der Waals surface area contributed by atoms with Crippen molar-refractivity contribution in [2.75, 3.05) is 6.54 Å². The number of aliphatic hydroxyl groups is 2. The van der Waals surface area contributed by atoms with E-state index in [1.165, 1.54) is 6.08 Å². The highest BCUT2D eigenvalue weighted by Gasteiger charge is 2.67. The molecule has 72 valence electrons. The summed E-state index contributed by atoms with van der Waals surface area (Å²) in [7, 11) is 0. The molecule has 1 aliphatic heterocycles. The van der Waals surface area contributed by atoms with Gasteiger partial charge in [0.15, 0.2) is 0 Å². The molecule has 8 nitrogen and oxygen atoms in total. The molecule has 0 aliphatic carbocycles. The van der Waals surface area contributed by atoms with Crippen LogP contribution in [0.1, 0.15) is 0 Å². The van der Waals surface area contributed by atoms with Crippen LogP contribution in [0.3, 0.4) is 0 Å². The fraction of sp³-hybridized carbons (Fsp3) is 0.400. The average Bonchev–Trinajstić information content (AvgIpc) is 2.21. The lowest BCUT2D eigenvalue weighted by Gasteiger charge is -2.09. The largest absolute Gasteiger partial charge is 0.546 e. The first-order valence-corrected chi connectivity index (χ1v) is 3.26. The molecule has 1 rings (SSSR count). The van der Waals surface area contributed by atoms with Gasteiger partial charge in [0.25, 0.3) is 0 Å². The molecular formula is C5H8N3O5+. The van der Waals surface area contributed by atoms with Crippen LogP contribution >= 0.6 is 0 Å². The van der Waals surface area contributed by atoms with Gasteiger partial charge in [0, 0.05) is 0 Å². The van der Waals surface area contributed by atoms with Crippen LogP contribution in [-0.4, -0.2) is 48.9 Å². The summed E-state index contributed by atoms with van der Waals surface area (Å²) in [6.45, 7) is 3.04. The molecule has 0 bridgehead atoms. The van der Waals surface area contributed by atoms with Gasteiger partial charge in [0.1, 0.15) is 5.28 Å². The fourth-order valence-corrected chi connectivity index (χ4v) is 0.837. The first-order chi connectivity index (χ1) is 5.92. The van der Waals surface area contributed by atoms with Crippen molar-refractivity contribution < 1.29 is 25.1 Å². The molecule has 1 aliphatic rings. The molecule has 0 unspecified atom stereocenters. The van der Waals surface area contributed by atoms with Gasteiger partial charge in [-0.05, 0) is 0 Å². The van der Waals surface area contributed by atoms with Gasteiger partial charge in [0.05, 0.1) is 11.5 Å². The first-order valence-electron chi connectivity index (χ1n) is 3.26. The minimum absolute atomic E-state index is 0.211. The van der Waals surface area contributed by atoms with Gasteiger partial charge in [0.2, 0.25) is 4.87 Å². The van der Waals surface area contributed by atoms with Crippen LogP contribution in [0.2, 0.25) is 0 Å². The minimum atomic E-state index is -3.25. The predicted octanol–water partition coefficient (Wildman–Crippen LogP) is -2.05. The zero-order valence-electron chi connectivity index (χ0n) is 6.49. The predicted molar refractivity (Wildman–Crippen MR) is 36.3 cm³/mol. The summed E-state index contributed by atoms with van der Waals surface area (Å²) in [4.78, 5) is 21.0. The number of nitrogens with zero attached hydrogens (tertiary/aromatic N) is 3. The molecule has 0 spiro atoms. The molecule has 1 amide bonds. The molecule has 0 radical (unpaired) electrons. The van der Waals surface area contributed by atoms with Crippen molar-refractivity contribution in [3.8, 4) is 0 Å². The van der Waals surface area contributed by atoms with Crippen molar-refractivity contribution in [3.05, 3.63) is 17.6 Å². The molecule has 1 heterocycles. The van der Waals surface area contributed by atoms with Gasteiger partial charge in [-0.15, -0.1) is 6.58 Å². The summed E-state index contributed by atoms with van der Waals surface area (Å²) in [5, 5.41) is 26.7. The standard InChI is InChI=1S/C5H8N3O5/c1-2-3-6-4(9)5(10,11)7(12)8(6)13/h2,10-11,13H,1,3H2/q+1. The van der Waals surface area contributed by atoms with E-state index in [-0.39, 0.29) is 11.8 Å². The lowest BCUT2D eigenvalue weighted by molar-refractivity contribution is -0.866. The van der Waals surface area contributed by atoms with E-state index in [0.29, 0.717) is 5.01 Å². The Kier molecular flexibility index (Phi) is 2.04. The van der Waals surface area contributed by atoms with Crippen LogP contribution < -0.4 is 0 Å². The van der Waals surface area contributed by atoms with E-state index in [2.05, 4.69) is 6.58 Å². The summed E-state index contributed by atoms with van der Waals surface area (Å²) < 4.78 is 0. The number of hydrogen-bond acceptors (Lipinski definition) is 5. The van der Waals surface area contributed by atoms with E-state index < -0.39 is 16.7 Å². The molecule has 0 aromatic carbocycles. The molecule has 1 saturated heterocycles. The maximum absolute atomic E-state index is 11.0. The second-order valence-corrected chi connectivity index (χ2v) is 2.35. The second kappa shape index (κ2) is 2.76. The van der Waals surface area contributed by atoms with Crippen LogP contribution in [0.15, 0.2) is 12.7 Å². The highest BCUT2D eigenvalue weighted by atomic mass is 16.7. The number of rotatable bonds is 2. The average molecular weight is 190 g/mol. The van der Waals surface area contributed by atoms with Crippen LogP contribution in [-0.2, 0) is 4.79 Å². The lowest BCUT2D eigenvalue weighted by Crippen LogP contribution is -2.44. The molecule has 3 N–H and O–H groups in total. The maximum atomic E-state index is 11.0. The Balaban J connectivity index is 2.98. The third kappa shape index (κ3) is 1.16. The SMILES string of the molecule is C=CCN1C(=O)C(O)(O)[N+](=O)N1O. The number of amides is 1. The highest BCUT2D eigenvalue weighted by Crippen LogP contribution is 2.18. The number of carbonyl (C=O) groups is 1. The zero-order valence-corrected chi connectivity index (χ0v) is 6.49. The Morgan fingerprint density at radius 2 is 2.15 bits per heavy atom. The lowest BCUT2D eigenvalue weighted by atomic mass is 10.4. The van der Waals surface area contributed by atoms with Crippen molar-refractivity contribution in [3.63, 3.8) is 0 Å². The quantitative estimate of drug-likeness (QED) is 0.263. The Morgan fingerprint density at radius 1 is 1.62 bits per heavy atom. The van der Waals surface area contributed by atoms with Crippen LogP contribution in [0.25, 0.3) is 0 Å². The van der Waals surface area contributed by atoms with E-state index in [0.717, 1.165) is 0 Å². The van der Waals surface area contributed by atoms with Crippen molar-refractivity contribution in [1.29, 1.82) is 0 Å². The van der Waals surface area contributed by atoms with E-state index in [1.54, 1.807) is 0 Å². The van der Waals surface area contributed by atoms with Gasteiger partial charge in [-0.2, -0.15) is 5.01 Å². The summed E-state index contributed by atoms with van der Waals surface area (Å²) >= 11 is 0. The van der Waals surface area contributed by atoms with Crippen LogP contribution in [0, 0.1) is 4.91 Å². The van der Waals surface area contributed by atoms with Gasteiger partial charge < -0.3 is 0 Å².